The second-order valence-electron chi connectivity index (χ2n) is 5.64. The van der Waals surface area contributed by atoms with Crippen LogP contribution in [0, 0.1) is 5.82 Å². The van der Waals surface area contributed by atoms with Gasteiger partial charge in [-0.25, -0.2) is 4.39 Å². The third kappa shape index (κ3) is 4.27. The highest BCUT2D eigenvalue weighted by atomic mass is 19.1. The average molecular weight is 308 g/mol. The van der Waals surface area contributed by atoms with E-state index in [4.69, 9.17) is 10.5 Å². The molecule has 0 aliphatic carbocycles. The van der Waals surface area contributed by atoms with Crippen LogP contribution in [0.2, 0.25) is 0 Å². The Morgan fingerprint density at radius 1 is 1.41 bits per heavy atom. The predicted octanol–water partition coefficient (Wildman–Crippen LogP) is 1.42. The molecule has 1 fully saturated rings. The van der Waals surface area contributed by atoms with Crippen molar-refractivity contribution in [3.63, 3.8) is 0 Å². The second-order valence-corrected chi connectivity index (χ2v) is 5.64. The number of hydrogen-bond donors (Lipinski definition) is 1. The fourth-order valence-electron chi connectivity index (χ4n) is 2.67. The van der Waals surface area contributed by atoms with Crippen LogP contribution in [0.4, 0.5) is 4.39 Å². The number of benzene rings is 1. The van der Waals surface area contributed by atoms with Gasteiger partial charge in [0.15, 0.2) is 0 Å². The van der Waals surface area contributed by atoms with Crippen LogP contribution >= 0.6 is 0 Å². The molecular weight excluding hydrogens is 287 g/mol. The molecule has 2 unspecified atom stereocenters. The number of rotatable bonds is 5. The van der Waals surface area contributed by atoms with E-state index in [9.17, 15) is 14.0 Å². The van der Waals surface area contributed by atoms with Gasteiger partial charge < -0.3 is 15.4 Å². The molecule has 0 spiro atoms. The average Bonchev–Trinajstić information content (AvgIpc) is 2.47. The maximum absolute atomic E-state index is 12.9. The van der Waals surface area contributed by atoms with Gasteiger partial charge in [0.1, 0.15) is 5.82 Å². The first-order valence-corrected chi connectivity index (χ1v) is 7.38. The van der Waals surface area contributed by atoms with Crippen LogP contribution in [-0.2, 0) is 14.3 Å². The molecule has 1 saturated heterocycles. The Labute approximate surface area is 129 Å². The lowest BCUT2D eigenvalue weighted by molar-refractivity contribution is -0.141. The number of hydrogen-bond acceptors (Lipinski definition) is 3. The summed E-state index contributed by atoms with van der Waals surface area (Å²) in [7, 11) is 0. The number of carbonyl (C=O) groups is 2. The minimum Gasteiger partial charge on any atom is -0.377 e. The number of nitrogens with zero attached hydrogens (tertiary/aromatic N) is 1. The minimum absolute atomic E-state index is 0.0230. The van der Waals surface area contributed by atoms with Gasteiger partial charge in [-0.3, -0.25) is 9.59 Å². The number of primary amides is 1. The van der Waals surface area contributed by atoms with Crippen molar-refractivity contribution in [1.82, 2.24) is 4.90 Å². The van der Waals surface area contributed by atoms with E-state index in [0.717, 1.165) is 5.56 Å². The summed E-state index contributed by atoms with van der Waals surface area (Å²) in [5.41, 5.74) is 6.14. The molecule has 1 aromatic carbocycles. The molecular formula is C16H21FN2O3. The van der Waals surface area contributed by atoms with E-state index in [1.165, 1.54) is 12.1 Å². The smallest absolute Gasteiger partial charge is 0.223 e. The number of carbonyl (C=O) groups excluding carboxylic acids is 2. The first-order chi connectivity index (χ1) is 10.5. The lowest BCUT2D eigenvalue weighted by Gasteiger charge is -2.35. The fraction of sp³-hybridized carbons (Fsp3) is 0.500. The van der Waals surface area contributed by atoms with E-state index in [1.54, 1.807) is 17.0 Å². The monoisotopic (exact) mass is 308 g/mol. The molecule has 1 aliphatic rings. The zero-order chi connectivity index (χ0) is 16.1. The first-order valence-electron chi connectivity index (χ1n) is 7.38. The van der Waals surface area contributed by atoms with Crippen LogP contribution in [-0.4, -0.2) is 42.5 Å². The van der Waals surface area contributed by atoms with E-state index in [2.05, 4.69) is 0 Å². The maximum atomic E-state index is 12.9. The van der Waals surface area contributed by atoms with Gasteiger partial charge in [-0.15, -0.1) is 0 Å². The molecule has 1 aliphatic heterocycles. The highest BCUT2D eigenvalue weighted by Gasteiger charge is 2.29. The number of nitrogens with two attached hydrogens (primary N) is 1. The van der Waals surface area contributed by atoms with Crippen molar-refractivity contribution >= 4 is 11.8 Å². The molecule has 2 N–H and O–H groups in total. The summed E-state index contributed by atoms with van der Waals surface area (Å²) in [6.07, 6.45) is 0.414. The summed E-state index contributed by atoms with van der Waals surface area (Å²) < 4.78 is 18.3. The van der Waals surface area contributed by atoms with E-state index < -0.39 is 5.91 Å². The lowest BCUT2D eigenvalue weighted by Crippen LogP contribution is -2.50. The third-order valence-electron chi connectivity index (χ3n) is 3.90. The molecule has 0 aromatic heterocycles. The Morgan fingerprint density at radius 3 is 2.73 bits per heavy atom. The quantitative estimate of drug-likeness (QED) is 0.894. The summed E-state index contributed by atoms with van der Waals surface area (Å²) in [6, 6.07) is 5.86. The maximum Gasteiger partial charge on any atom is 0.223 e. The molecule has 2 amide bonds. The van der Waals surface area contributed by atoms with Gasteiger partial charge >= 0.3 is 0 Å². The minimum atomic E-state index is -0.445. The van der Waals surface area contributed by atoms with Gasteiger partial charge in [-0.1, -0.05) is 19.1 Å². The highest BCUT2D eigenvalue weighted by molar-refractivity contribution is 5.79. The van der Waals surface area contributed by atoms with Crippen LogP contribution < -0.4 is 5.73 Å². The van der Waals surface area contributed by atoms with E-state index >= 15 is 0 Å². The zero-order valence-electron chi connectivity index (χ0n) is 12.6. The Balaban J connectivity index is 1.99. The Kier molecular flexibility index (Phi) is 5.49. The van der Waals surface area contributed by atoms with E-state index in [1.807, 2.05) is 6.92 Å². The predicted molar refractivity (Wildman–Crippen MR) is 79.6 cm³/mol. The number of morpholine rings is 1. The summed E-state index contributed by atoms with van der Waals surface area (Å²) in [6.45, 7) is 3.19. The fourth-order valence-corrected chi connectivity index (χ4v) is 2.67. The summed E-state index contributed by atoms with van der Waals surface area (Å²) in [4.78, 5) is 25.3. The molecule has 0 radical (unpaired) electrons. The zero-order valence-corrected chi connectivity index (χ0v) is 12.6. The van der Waals surface area contributed by atoms with Crippen molar-refractivity contribution < 1.29 is 18.7 Å². The normalized spacial score (nSPS) is 19.7. The molecule has 6 heteroatoms. The number of halogens is 1. The van der Waals surface area contributed by atoms with Crippen LogP contribution in [0.25, 0.3) is 0 Å². The van der Waals surface area contributed by atoms with Crippen LogP contribution in [0.15, 0.2) is 24.3 Å². The van der Waals surface area contributed by atoms with Gasteiger partial charge in [0.2, 0.25) is 11.8 Å². The number of amides is 2. The van der Waals surface area contributed by atoms with Crippen molar-refractivity contribution in [1.29, 1.82) is 0 Å². The van der Waals surface area contributed by atoms with Gasteiger partial charge in [0.05, 0.1) is 19.3 Å². The summed E-state index contributed by atoms with van der Waals surface area (Å²) >= 11 is 0. The molecule has 2 atom stereocenters. The van der Waals surface area contributed by atoms with Gasteiger partial charge in [0, 0.05) is 19.4 Å². The van der Waals surface area contributed by atoms with Crippen LogP contribution in [0.1, 0.15) is 31.2 Å². The molecule has 120 valence electrons. The van der Waals surface area contributed by atoms with Crippen LogP contribution in [0.5, 0.6) is 0 Å². The van der Waals surface area contributed by atoms with E-state index in [0.29, 0.717) is 26.2 Å². The third-order valence-corrected chi connectivity index (χ3v) is 3.90. The van der Waals surface area contributed by atoms with Crippen molar-refractivity contribution in [3.05, 3.63) is 35.6 Å². The van der Waals surface area contributed by atoms with E-state index in [-0.39, 0.29) is 30.1 Å². The van der Waals surface area contributed by atoms with Gasteiger partial charge in [0.25, 0.3) is 0 Å². The molecule has 22 heavy (non-hydrogen) atoms. The molecule has 0 saturated carbocycles. The highest BCUT2D eigenvalue weighted by Crippen LogP contribution is 2.22. The summed E-state index contributed by atoms with van der Waals surface area (Å²) in [5.74, 6) is -0.798. The van der Waals surface area contributed by atoms with Crippen molar-refractivity contribution in [2.45, 2.75) is 31.7 Å². The Bertz CT molecular complexity index is 533. The summed E-state index contributed by atoms with van der Waals surface area (Å²) in [5, 5.41) is 0. The van der Waals surface area contributed by atoms with Crippen molar-refractivity contribution in [3.8, 4) is 0 Å². The Morgan fingerprint density at radius 2 is 2.09 bits per heavy atom. The Hall–Kier alpha value is -1.95. The van der Waals surface area contributed by atoms with Crippen LogP contribution in [0.3, 0.4) is 0 Å². The topological polar surface area (TPSA) is 72.6 Å². The largest absolute Gasteiger partial charge is 0.377 e. The first kappa shape index (κ1) is 16.4. The lowest BCUT2D eigenvalue weighted by atomic mass is 9.96. The molecule has 0 bridgehead atoms. The standard InChI is InChI=1S/C16H21FN2O3/c1-11(12-2-4-13(17)5-3-12)8-16(21)19-6-7-22-10-14(19)9-15(18)20/h2-5,11,14H,6-10H2,1H3,(H2,18,20). The molecule has 2 rings (SSSR count). The second kappa shape index (κ2) is 7.35. The SMILES string of the molecule is CC(CC(=O)N1CCOCC1CC(N)=O)c1ccc(F)cc1. The number of ether oxygens (including phenoxy) is 1. The van der Waals surface area contributed by atoms with Crippen molar-refractivity contribution in [2.24, 2.45) is 5.73 Å². The van der Waals surface area contributed by atoms with Crippen molar-refractivity contribution in [2.75, 3.05) is 19.8 Å². The molecule has 1 aromatic rings. The van der Waals surface area contributed by atoms with Gasteiger partial charge in [-0.2, -0.15) is 0 Å². The molecule has 1 heterocycles. The molecule has 5 nitrogen and oxygen atoms in total. The van der Waals surface area contributed by atoms with Gasteiger partial charge in [-0.05, 0) is 23.6 Å².